The first kappa shape index (κ1) is 14.4. The lowest BCUT2D eigenvalue weighted by Gasteiger charge is -2.25. The molecule has 0 atom stereocenters. The summed E-state index contributed by atoms with van der Waals surface area (Å²) in [5.41, 5.74) is -0.0901. The molecule has 0 spiro atoms. The second-order valence-electron chi connectivity index (χ2n) is 4.26. The molecule has 1 N–H and O–H groups in total. The number of benzene rings is 2. The number of aliphatic hydroxyl groups excluding tert-OH is 1. The van der Waals surface area contributed by atoms with Gasteiger partial charge in [0.25, 0.3) is 0 Å². The van der Waals surface area contributed by atoms with Crippen LogP contribution in [0.4, 0.5) is 24.5 Å². The Morgan fingerprint density at radius 2 is 1.60 bits per heavy atom. The van der Waals surface area contributed by atoms with E-state index in [0.29, 0.717) is 0 Å². The Bertz CT molecular complexity index is 593. The van der Waals surface area contributed by atoms with Gasteiger partial charge >= 0.3 is 0 Å². The van der Waals surface area contributed by atoms with Gasteiger partial charge in [-0.25, -0.2) is 13.2 Å². The Balaban J connectivity index is 2.56. The summed E-state index contributed by atoms with van der Waals surface area (Å²) in [6.45, 7) is 1.42. The Labute approximate surface area is 115 Å². The standard InChI is InChI=1S/C15H14F3NO/c1-2-19(14-6-4-3-5-11(14)16)15-12(17)7-10(9-20)8-13(15)18/h3-8,20H,2,9H2,1H3. The Hall–Kier alpha value is -2.01. The van der Waals surface area contributed by atoms with E-state index >= 15 is 0 Å². The fourth-order valence-electron chi connectivity index (χ4n) is 2.09. The van der Waals surface area contributed by atoms with Crippen molar-refractivity contribution >= 4 is 11.4 Å². The maximum absolute atomic E-state index is 14.0. The van der Waals surface area contributed by atoms with Crippen LogP contribution in [0.3, 0.4) is 0 Å². The van der Waals surface area contributed by atoms with Crippen LogP contribution in [0.25, 0.3) is 0 Å². The third-order valence-corrected chi connectivity index (χ3v) is 2.99. The second-order valence-corrected chi connectivity index (χ2v) is 4.26. The number of anilines is 2. The zero-order valence-electron chi connectivity index (χ0n) is 10.9. The van der Waals surface area contributed by atoms with Gasteiger partial charge in [0.15, 0.2) is 0 Å². The molecule has 0 heterocycles. The van der Waals surface area contributed by atoms with E-state index in [4.69, 9.17) is 5.11 Å². The number of rotatable bonds is 4. The van der Waals surface area contributed by atoms with Crippen molar-refractivity contribution in [2.45, 2.75) is 13.5 Å². The van der Waals surface area contributed by atoms with Crippen molar-refractivity contribution in [2.24, 2.45) is 0 Å². The number of para-hydroxylation sites is 1. The lowest BCUT2D eigenvalue weighted by atomic mass is 10.1. The fourth-order valence-corrected chi connectivity index (χ4v) is 2.09. The predicted octanol–water partition coefficient (Wildman–Crippen LogP) is 3.75. The summed E-state index contributed by atoms with van der Waals surface area (Å²) in [6.07, 6.45) is 0. The minimum Gasteiger partial charge on any atom is -0.392 e. The van der Waals surface area contributed by atoms with Crippen molar-refractivity contribution in [3.05, 3.63) is 59.4 Å². The number of halogens is 3. The van der Waals surface area contributed by atoms with E-state index in [2.05, 4.69) is 0 Å². The highest BCUT2D eigenvalue weighted by Crippen LogP contribution is 2.32. The first-order valence-corrected chi connectivity index (χ1v) is 6.19. The molecular formula is C15H14F3NO. The molecule has 20 heavy (non-hydrogen) atoms. The van der Waals surface area contributed by atoms with Gasteiger partial charge in [-0.1, -0.05) is 12.1 Å². The molecule has 2 nitrogen and oxygen atoms in total. The molecule has 0 radical (unpaired) electrons. The average Bonchev–Trinajstić information content (AvgIpc) is 2.43. The van der Waals surface area contributed by atoms with Crippen molar-refractivity contribution < 1.29 is 18.3 Å². The highest BCUT2D eigenvalue weighted by Gasteiger charge is 2.20. The smallest absolute Gasteiger partial charge is 0.150 e. The summed E-state index contributed by atoms with van der Waals surface area (Å²) >= 11 is 0. The molecule has 5 heteroatoms. The first-order valence-electron chi connectivity index (χ1n) is 6.19. The summed E-state index contributed by atoms with van der Waals surface area (Å²) < 4.78 is 41.9. The van der Waals surface area contributed by atoms with E-state index < -0.39 is 24.1 Å². The fraction of sp³-hybridized carbons (Fsp3) is 0.200. The monoisotopic (exact) mass is 281 g/mol. The molecule has 0 saturated carbocycles. The van der Waals surface area contributed by atoms with Gasteiger partial charge in [-0.2, -0.15) is 0 Å². The van der Waals surface area contributed by atoms with Gasteiger partial charge in [0.2, 0.25) is 0 Å². The van der Waals surface area contributed by atoms with Crippen molar-refractivity contribution in [1.29, 1.82) is 0 Å². The molecule has 2 aromatic rings. The van der Waals surface area contributed by atoms with Gasteiger partial charge in [-0.05, 0) is 36.8 Å². The number of hydrogen-bond donors (Lipinski definition) is 1. The summed E-state index contributed by atoms with van der Waals surface area (Å²) in [7, 11) is 0. The number of hydrogen-bond acceptors (Lipinski definition) is 2. The summed E-state index contributed by atoms with van der Waals surface area (Å²) in [5, 5.41) is 8.93. The van der Waals surface area contributed by atoms with Crippen molar-refractivity contribution in [3.63, 3.8) is 0 Å². The predicted molar refractivity (Wildman–Crippen MR) is 71.4 cm³/mol. The molecule has 0 bridgehead atoms. The van der Waals surface area contributed by atoms with E-state index in [-0.39, 0.29) is 23.5 Å². The molecule has 2 rings (SSSR count). The molecule has 0 aliphatic carbocycles. The molecule has 0 aromatic heterocycles. The summed E-state index contributed by atoms with van der Waals surface area (Å²) in [5.74, 6) is -2.22. The normalized spacial score (nSPS) is 10.7. The van der Waals surface area contributed by atoms with Crippen LogP contribution in [-0.4, -0.2) is 11.7 Å². The molecule has 0 unspecified atom stereocenters. The molecule has 2 aromatic carbocycles. The van der Waals surface area contributed by atoms with Crippen LogP contribution in [0.5, 0.6) is 0 Å². The van der Waals surface area contributed by atoms with E-state index in [1.807, 2.05) is 0 Å². The van der Waals surface area contributed by atoms with Crippen molar-refractivity contribution in [1.82, 2.24) is 0 Å². The summed E-state index contributed by atoms with van der Waals surface area (Å²) in [4.78, 5) is 1.22. The van der Waals surface area contributed by atoms with Crippen LogP contribution in [-0.2, 0) is 6.61 Å². The molecule has 0 aliphatic rings. The molecule has 0 amide bonds. The van der Waals surface area contributed by atoms with Crippen molar-refractivity contribution in [3.8, 4) is 0 Å². The Kier molecular flexibility index (Phi) is 4.29. The minimum absolute atomic E-state index is 0.101. The van der Waals surface area contributed by atoms with E-state index in [1.165, 1.54) is 23.1 Å². The molecule has 0 aliphatic heterocycles. The van der Waals surface area contributed by atoms with Gasteiger partial charge < -0.3 is 10.0 Å². The topological polar surface area (TPSA) is 23.5 Å². The zero-order chi connectivity index (χ0) is 14.7. The lowest BCUT2D eigenvalue weighted by molar-refractivity contribution is 0.280. The highest BCUT2D eigenvalue weighted by molar-refractivity contribution is 5.65. The molecule has 106 valence electrons. The van der Waals surface area contributed by atoms with Gasteiger partial charge in [-0.15, -0.1) is 0 Å². The van der Waals surface area contributed by atoms with Crippen LogP contribution in [0, 0.1) is 17.5 Å². The Morgan fingerprint density at radius 3 is 2.10 bits per heavy atom. The van der Waals surface area contributed by atoms with Crippen LogP contribution in [0.15, 0.2) is 36.4 Å². The number of aliphatic hydroxyl groups is 1. The van der Waals surface area contributed by atoms with Crippen LogP contribution >= 0.6 is 0 Å². The molecule has 0 saturated heterocycles. The van der Waals surface area contributed by atoms with Crippen LogP contribution < -0.4 is 4.90 Å². The maximum Gasteiger partial charge on any atom is 0.150 e. The van der Waals surface area contributed by atoms with E-state index in [1.54, 1.807) is 13.0 Å². The third kappa shape index (κ3) is 2.63. The Morgan fingerprint density at radius 1 is 1.00 bits per heavy atom. The quantitative estimate of drug-likeness (QED) is 0.922. The van der Waals surface area contributed by atoms with Gasteiger partial charge in [0.1, 0.15) is 23.1 Å². The largest absolute Gasteiger partial charge is 0.392 e. The second kappa shape index (κ2) is 5.96. The van der Waals surface area contributed by atoms with Gasteiger partial charge in [0, 0.05) is 6.54 Å². The first-order chi connectivity index (χ1) is 9.58. The van der Waals surface area contributed by atoms with E-state index in [0.717, 1.165) is 12.1 Å². The molecule has 0 fully saturated rings. The van der Waals surface area contributed by atoms with E-state index in [9.17, 15) is 13.2 Å². The average molecular weight is 281 g/mol. The molecular weight excluding hydrogens is 267 g/mol. The SMILES string of the molecule is CCN(c1ccccc1F)c1c(F)cc(CO)cc1F. The van der Waals surface area contributed by atoms with Crippen molar-refractivity contribution in [2.75, 3.05) is 11.4 Å². The van der Waals surface area contributed by atoms with Crippen LogP contribution in [0.1, 0.15) is 12.5 Å². The van der Waals surface area contributed by atoms with Gasteiger partial charge in [-0.3, -0.25) is 0 Å². The lowest BCUT2D eigenvalue weighted by Crippen LogP contribution is -2.20. The van der Waals surface area contributed by atoms with Crippen LogP contribution in [0.2, 0.25) is 0 Å². The van der Waals surface area contributed by atoms with Gasteiger partial charge in [0.05, 0.1) is 12.3 Å². The third-order valence-electron chi connectivity index (χ3n) is 2.99. The zero-order valence-corrected chi connectivity index (χ0v) is 10.9. The number of nitrogens with zero attached hydrogens (tertiary/aromatic N) is 1. The minimum atomic E-state index is -0.834. The summed E-state index contributed by atoms with van der Waals surface area (Å²) in [6, 6.07) is 7.88. The maximum atomic E-state index is 14.0. The highest BCUT2D eigenvalue weighted by atomic mass is 19.1.